The highest BCUT2D eigenvalue weighted by Gasteiger charge is 2.23. The largest absolute Gasteiger partial charge is 0.495 e. The minimum atomic E-state index is -0.583. The van der Waals surface area contributed by atoms with E-state index >= 15 is 0 Å². The Morgan fingerprint density at radius 2 is 1.50 bits per heavy atom. The number of para-hydroxylation sites is 1. The molecule has 0 spiro atoms. The normalized spacial score (nSPS) is 13.1. The van der Waals surface area contributed by atoms with Crippen molar-refractivity contribution in [3.05, 3.63) is 77.4 Å². The van der Waals surface area contributed by atoms with Gasteiger partial charge in [-0.2, -0.15) is 0 Å². The number of benzene rings is 3. The molecule has 1 fully saturated rings. The maximum atomic E-state index is 13.8. The Bertz CT molecular complexity index is 1800. The summed E-state index contributed by atoms with van der Waals surface area (Å²) in [5.74, 6) is 0.827. The molecule has 1 N–H and O–H groups in total. The van der Waals surface area contributed by atoms with Gasteiger partial charge in [0.05, 0.1) is 37.3 Å². The summed E-state index contributed by atoms with van der Waals surface area (Å²) in [5, 5.41) is 2.89. The highest BCUT2D eigenvalue weighted by molar-refractivity contribution is 6.09. The average Bonchev–Trinajstić information content (AvgIpc) is 3.17. The Morgan fingerprint density at radius 1 is 0.804 bits per heavy atom. The van der Waals surface area contributed by atoms with Crippen molar-refractivity contribution in [3.63, 3.8) is 0 Å². The fourth-order valence-electron chi connectivity index (χ4n) is 6.08. The maximum Gasteiger partial charge on any atom is 0.410 e. The lowest BCUT2D eigenvalue weighted by atomic mass is 10.1. The number of carbonyl (C=O) groups excluding carboxylic acids is 4. The lowest BCUT2D eigenvalue weighted by molar-refractivity contribution is -0.132. The first-order valence-corrected chi connectivity index (χ1v) is 19.3. The molecule has 1 aliphatic rings. The highest BCUT2D eigenvalue weighted by atomic mass is 16.6. The van der Waals surface area contributed by atoms with Gasteiger partial charge in [0.2, 0.25) is 5.91 Å². The Hall–Kier alpha value is -5.30. The number of methoxy groups -OCH3 is 1. The first kappa shape index (κ1) is 43.4. The minimum Gasteiger partial charge on any atom is -0.495 e. The molecule has 0 bridgehead atoms. The number of anilines is 2. The van der Waals surface area contributed by atoms with E-state index < -0.39 is 17.6 Å². The Kier molecular flexibility index (Phi) is 16.0. The van der Waals surface area contributed by atoms with Crippen LogP contribution >= 0.6 is 0 Å². The van der Waals surface area contributed by atoms with Crippen LogP contribution in [0.4, 0.5) is 16.2 Å². The number of hydrogen-bond acceptors (Lipinski definition) is 9. The fraction of sp³-hybridized carbons (Fsp3) is 0.488. The Labute approximate surface area is 331 Å². The molecule has 13 nitrogen and oxygen atoms in total. The van der Waals surface area contributed by atoms with E-state index in [1.807, 2.05) is 50.8 Å². The standard InChI is InChI=1S/C43H59N5O8/c1-31-18-21-35(38(29-31)55-27-13-9-10-17-39(49)48-25-23-45(5)24-26-48)47(7)41(51)32-19-20-34(37(30-32)53-8)44-40(50)33-15-11-12-16-36(33)54-28-14-22-46(6)42(52)56-43(2,3)4/h11-12,15-16,18-21,29-30H,9-10,13-14,17,22-28H2,1-8H3,(H,44,50). The van der Waals surface area contributed by atoms with Crippen molar-refractivity contribution in [2.24, 2.45) is 0 Å². The van der Waals surface area contributed by atoms with Crippen LogP contribution in [0.25, 0.3) is 0 Å². The van der Waals surface area contributed by atoms with E-state index in [-0.39, 0.29) is 18.4 Å². The number of carbonyl (C=O) groups is 4. The second-order valence-electron chi connectivity index (χ2n) is 15.1. The summed E-state index contributed by atoms with van der Waals surface area (Å²) in [4.78, 5) is 59.3. The van der Waals surface area contributed by atoms with Gasteiger partial charge in [-0.3, -0.25) is 14.4 Å². The third kappa shape index (κ3) is 12.9. The van der Waals surface area contributed by atoms with E-state index in [1.165, 1.54) is 16.9 Å². The second-order valence-corrected chi connectivity index (χ2v) is 15.1. The van der Waals surface area contributed by atoms with Crippen LogP contribution in [0.1, 0.15) is 79.2 Å². The minimum absolute atomic E-state index is 0.220. The third-order valence-electron chi connectivity index (χ3n) is 9.36. The first-order valence-electron chi connectivity index (χ1n) is 19.3. The number of hydrogen-bond donors (Lipinski definition) is 1. The monoisotopic (exact) mass is 773 g/mol. The zero-order chi connectivity index (χ0) is 40.8. The fourth-order valence-corrected chi connectivity index (χ4v) is 6.08. The van der Waals surface area contributed by atoms with Crippen molar-refractivity contribution in [3.8, 4) is 17.2 Å². The lowest BCUT2D eigenvalue weighted by Gasteiger charge is -2.32. The number of unbranched alkanes of at least 4 members (excludes halogenated alkanes) is 2. The molecule has 13 heteroatoms. The average molecular weight is 774 g/mol. The van der Waals surface area contributed by atoms with Gasteiger partial charge in [-0.05, 0) is 108 Å². The van der Waals surface area contributed by atoms with Crippen molar-refractivity contribution >= 4 is 35.2 Å². The molecule has 0 radical (unpaired) electrons. The van der Waals surface area contributed by atoms with Crippen molar-refractivity contribution in [2.45, 2.75) is 65.4 Å². The molecule has 0 unspecified atom stereocenters. The summed E-state index contributed by atoms with van der Waals surface area (Å²) in [5.41, 5.74) is 2.10. The molecule has 0 atom stereocenters. The van der Waals surface area contributed by atoms with E-state index in [9.17, 15) is 19.2 Å². The van der Waals surface area contributed by atoms with E-state index in [4.69, 9.17) is 18.9 Å². The smallest absolute Gasteiger partial charge is 0.410 e. The molecule has 304 valence electrons. The summed E-state index contributed by atoms with van der Waals surface area (Å²) in [6.07, 6.45) is 3.12. The van der Waals surface area contributed by atoms with Gasteiger partial charge in [-0.25, -0.2) is 4.79 Å². The van der Waals surface area contributed by atoms with Crippen LogP contribution in [0.3, 0.4) is 0 Å². The summed E-state index contributed by atoms with van der Waals surface area (Å²) in [6, 6.07) is 17.5. The molecule has 56 heavy (non-hydrogen) atoms. The molecule has 1 saturated heterocycles. The predicted octanol–water partition coefficient (Wildman–Crippen LogP) is 6.88. The molecular weight excluding hydrogens is 714 g/mol. The molecule has 0 aliphatic carbocycles. The highest BCUT2D eigenvalue weighted by Crippen LogP contribution is 2.32. The van der Waals surface area contributed by atoms with Crippen molar-refractivity contribution < 1.29 is 38.1 Å². The molecule has 3 aromatic carbocycles. The number of likely N-dealkylation sites (N-methyl/N-ethyl adjacent to an activating group) is 1. The Balaban J connectivity index is 1.32. The number of amides is 4. The van der Waals surface area contributed by atoms with Gasteiger partial charge >= 0.3 is 6.09 Å². The zero-order valence-electron chi connectivity index (χ0n) is 34.3. The summed E-state index contributed by atoms with van der Waals surface area (Å²) in [6.45, 7) is 12.0. The number of aryl methyl sites for hydroxylation is 1. The Morgan fingerprint density at radius 3 is 2.21 bits per heavy atom. The quantitative estimate of drug-likeness (QED) is 0.146. The van der Waals surface area contributed by atoms with Crippen molar-refractivity contribution in [1.82, 2.24) is 14.7 Å². The van der Waals surface area contributed by atoms with E-state index in [1.54, 1.807) is 56.6 Å². The maximum absolute atomic E-state index is 13.8. The van der Waals surface area contributed by atoms with Crippen molar-refractivity contribution in [2.75, 3.05) is 84.4 Å². The van der Waals surface area contributed by atoms with E-state index in [0.29, 0.717) is 65.7 Å². The lowest BCUT2D eigenvalue weighted by Crippen LogP contribution is -2.47. The second kappa shape index (κ2) is 20.6. The number of rotatable bonds is 17. The van der Waals surface area contributed by atoms with E-state index in [0.717, 1.165) is 51.0 Å². The summed E-state index contributed by atoms with van der Waals surface area (Å²) in [7, 11) is 6.91. The molecule has 4 rings (SSSR count). The predicted molar refractivity (Wildman–Crippen MR) is 218 cm³/mol. The number of ether oxygens (including phenoxy) is 4. The number of nitrogens with one attached hydrogen (secondary N) is 1. The van der Waals surface area contributed by atoms with Crippen LogP contribution in [0.2, 0.25) is 0 Å². The van der Waals surface area contributed by atoms with Crippen LogP contribution in [0, 0.1) is 6.92 Å². The van der Waals surface area contributed by atoms with Gasteiger partial charge in [-0.15, -0.1) is 0 Å². The first-order chi connectivity index (χ1) is 26.7. The topological polar surface area (TPSA) is 130 Å². The molecule has 1 heterocycles. The van der Waals surface area contributed by atoms with Gasteiger partial charge in [0.1, 0.15) is 22.8 Å². The van der Waals surface area contributed by atoms with Crippen LogP contribution in [-0.2, 0) is 9.53 Å². The summed E-state index contributed by atoms with van der Waals surface area (Å²) >= 11 is 0. The summed E-state index contributed by atoms with van der Waals surface area (Å²) < 4.78 is 23.1. The van der Waals surface area contributed by atoms with Crippen molar-refractivity contribution in [1.29, 1.82) is 0 Å². The molecule has 0 saturated carbocycles. The molecule has 3 aromatic rings. The van der Waals surface area contributed by atoms with Gasteiger partial charge in [-0.1, -0.05) is 18.2 Å². The molecule has 0 aromatic heterocycles. The SMILES string of the molecule is COc1cc(C(=O)N(C)c2ccc(C)cc2OCCCCCC(=O)N2CCN(C)CC2)ccc1NC(=O)c1ccccc1OCCCN(C)C(=O)OC(C)(C)C. The van der Waals surface area contributed by atoms with Crippen LogP contribution < -0.4 is 24.4 Å². The molecular formula is C43H59N5O8. The third-order valence-corrected chi connectivity index (χ3v) is 9.36. The van der Waals surface area contributed by atoms with E-state index in [2.05, 4.69) is 17.3 Å². The van der Waals surface area contributed by atoms with Gasteiger partial charge in [0, 0.05) is 58.8 Å². The number of nitrogens with zero attached hydrogens (tertiary/aromatic N) is 4. The van der Waals surface area contributed by atoms with Crippen LogP contribution in [0.5, 0.6) is 17.2 Å². The molecule has 4 amide bonds. The molecule has 1 aliphatic heterocycles. The van der Waals surface area contributed by atoms with Crippen LogP contribution in [0.15, 0.2) is 60.7 Å². The number of piperazine rings is 1. The van der Waals surface area contributed by atoms with Crippen LogP contribution in [-0.4, -0.2) is 118 Å². The van der Waals surface area contributed by atoms with Gasteiger partial charge < -0.3 is 43.9 Å². The zero-order valence-corrected chi connectivity index (χ0v) is 34.3. The van der Waals surface area contributed by atoms with Gasteiger partial charge in [0.15, 0.2) is 0 Å². The van der Waals surface area contributed by atoms with Gasteiger partial charge in [0.25, 0.3) is 11.8 Å².